The Balaban J connectivity index is 2.71. The van der Waals surface area contributed by atoms with E-state index in [2.05, 4.69) is 19.6 Å². The fourth-order valence-electron chi connectivity index (χ4n) is 1.15. The van der Waals surface area contributed by atoms with Crippen LogP contribution in [0.5, 0.6) is 0 Å². The summed E-state index contributed by atoms with van der Waals surface area (Å²) in [5.74, 6) is 0.397. The van der Waals surface area contributed by atoms with E-state index >= 15 is 0 Å². The number of hydrogen-bond acceptors (Lipinski definition) is 3. The summed E-state index contributed by atoms with van der Waals surface area (Å²) in [4.78, 5) is 0. The highest BCUT2D eigenvalue weighted by Crippen LogP contribution is 2.24. The Bertz CT molecular complexity index is 156. The minimum absolute atomic E-state index is 0.156. The normalized spacial score (nSPS) is 41.1. The summed E-state index contributed by atoms with van der Waals surface area (Å²) in [6.45, 7) is 2.09. The van der Waals surface area contributed by atoms with Crippen molar-refractivity contribution in [1.82, 2.24) is 0 Å². The van der Waals surface area contributed by atoms with Crippen LogP contribution in [-0.2, 0) is 0 Å². The summed E-state index contributed by atoms with van der Waals surface area (Å²) < 4.78 is 0. The molecule has 0 bridgehead atoms. The van der Waals surface area contributed by atoms with Gasteiger partial charge in [-0.25, -0.2) is 0 Å². The van der Waals surface area contributed by atoms with Crippen molar-refractivity contribution in [2.75, 3.05) is 0 Å². The van der Waals surface area contributed by atoms with Crippen molar-refractivity contribution in [2.24, 2.45) is 17.4 Å². The fraction of sp³-hybridized carbons (Fsp3) is 0.714. The summed E-state index contributed by atoms with van der Waals surface area (Å²) in [6.07, 6.45) is 2.87. The molecule has 0 heterocycles. The van der Waals surface area contributed by atoms with Gasteiger partial charge in [-0.2, -0.15) is 12.6 Å². The third kappa shape index (κ3) is 1.30. The molecule has 0 fully saturated rings. The third-order valence-corrected chi connectivity index (χ3v) is 2.91. The van der Waals surface area contributed by atoms with E-state index in [0.29, 0.717) is 5.92 Å². The molecule has 0 aromatic rings. The van der Waals surface area contributed by atoms with E-state index in [9.17, 15) is 0 Å². The molecular weight excluding hydrogens is 144 g/mol. The van der Waals surface area contributed by atoms with Crippen LogP contribution in [0.4, 0.5) is 0 Å². The zero-order valence-electron chi connectivity index (χ0n) is 6.12. The molecule has 2 nitrogen and oxygen atoms in total. The maximum atomic E-state index is 5.78. The molecular formula is C7H14N2S. The van der Waals surface area contributed by atoms with Crippen molar-refractivity contribution in [3.05, 3.63) is 11.8 Å². The Morgan fingerprint density at radius 1 is 1.70 bits per heavy atom. The van der Waals surface area contributed by atoms with Gasteiger partial charge in [0.15, 0.2) is 0 Å². The van der Waals surface area contributed by atoms with Gasteiger partial charge in [-0.3, -0.25) is 0 Å². The van der Waals surface area contributed by atoms with Gasteiger partial charge in [-0.1, -0.05) is 13.0 Å². The van der Waals surface area contributed by atoms with Crippen molar-refractivity contribution in [1.29, 1.82) is 0 Å². The summed E-state index contributed by atoms with van der Waals surface area (Å²) in [5, 5.41) is 0.156. The Kier molecular flexibility index (Phi) is 2.26. The summed E-state index contributed by atoms with van der Waals surface area (Å²) in [7, 11) is 0. The molecule has 1 rings (SSSR count). The van der Waals surface area contributed by atoms with Gasteiger partial charge in [0.1, 0.15) is 0 Å². The van der Waals surface area contributed by atoms with E-state index in [-0.39, 0.29) is 11.3 Å². The molecule has 0 saturated heterocycles. The average molecular weight is 158 g/mol. The van der Waals surface area contributed by atoms with Crippen molar-refractivity contribution in [3.63, 3.8) is 0 Å². The molecule has 1 aliphatic carbocycles. The lowest BCUT2D eigenvalue weighted by Gasteiger charge is -2.29. The monoisotopic (exact) mass is 158 g/mol. The molecule has 58 valence electrons. The van der Waals surface area contributed by atoms with Crippen LogP contribution in [0.2, 0.25) is 0 Å². The third-order valence-electron chi connectivity index (χ3n) is 2.14. The number of thiol groups is 1. The van der Waals surface area contributed by atoms with Gasteiger partial charge in [0.2, 0.25) is 0 Å². The highest BCUT2D eigenvalue weighted by atomic mass is 32.1. The molecule has 1 aliphatic rings. The lowest BCUT2D eigenvalue weighted by atomic mass is 9.89. The lowest BCUT2D eigenvalue weighted by molar-refractivity contribution is 0.443. The highest BCUT2D eigenvalue weighted by Gasteiger charge is 2.25. The average Bonchev–Trinajstić information content (AvgIpc) is 1.93. The molecule has 0 saturated carbocycles. The molecule has 4 N–H and O–H groups in total. The second-order valence-electron chi connectivity index (χ2n) is 2.91. The fourth-order valence-corrected chi connectivity index (χ4v) is 1.47. The van der Waals surface area contributed by atoms with E-state index in [0.717, 1.165) is 12.1 Å². The molecule has 0 aromatic heterocycles. The Labute approximate surface area is 67.1 Å². The number of nitrogens with two attached hydrogens (primary N) is 2. The maximum Gasteiger partial charge on any atom is 0.0449 e. The van der Waals surface area contributed by atoms with E-state index in [1.54, 1.807) is 0 Å². The second kappa shape index (κ2) is 2.84. The van der Waals surface area contributed by atoms with Gasteiger partial charge in [0, 0.05) is 17.0 Å². The van der Waals surface area contributed by atoms with Crippen molar-refractivity contribution < 1.29 is 0 Å². The molecule has 0 aromatic carbocycles. The first-order chi connectivity index (χ1) is 4.63. The van der Waals surface area contributed by atoms with Crippen LogP contribution < -0.4 is 11.5 Å². The summed E-state index contributed by atoms with van der Waals surface area (Å²) in [5.41, 5.74) is 12.3. The first-order valence-corrected chi connectivity index (χ1v) is 4.03. The number of rotatable bonds is 0. The zero-order chi connectivity index (χ0) is 7.72. The van der Waals surface area contributed by atoms with Crippen LogP contribution in [0.1, 0.15) is 13.3 Å². The topological polar surface area (TPSA) is 52.0 Å². The van der Waals surface area contributed by atoms with Crippen LogP contribution in [0.3, 0.4) is 0 Å². The number of hydrogen-bond donors (Lipinski definition) is 3. The van der Waals surface area contributed by atoms with E-state index in [1.165, 1.54) is 0 Å². The molecule has 3 heteroatoms. The van der Waals surface area contributed by atoms with Gasteiger partial charge in [-0.15, -0.1) is 0 Å². The van der Waals surface area contributed by atoms with Crippen molar-refractivity contribution in [3.8, 4) is 0 Å². The zero-order valence-corrected chi connectivity index (χ0v) is 7.01. The van der Waals surface area contributed by atoms with Gasteiger partial charge in [0.05, 0.1) is 0 Å². The second-order valence-corrected chi connectivity index (χ2v) is 3.46. The van der Waals surface area contributed by atoms with E-state index < -0.39 is 0 Å². The maximum absolute atomic E-state index is 5.78. The molecule has 0 amide bonds. The van der Waals surface area contributed by atoms with Gasteiger partial charge in [-0.05, 0) is 12.3 Å². The summed E-state index contributed by atoms with van der Waals surface area (Å²) in [6, 6.07) is 0.231. The molecule has 0 aliphatic heterocycles. The molecule has 3 unspecified atom stereocenters. The van der Waals surface area contributed by atoms with Crippen LogP contribution in [-0.4, -0.2) is 11.3 Å². The molecule has 0 radical (unpaired) electrons. The first-order valence-electron chi connectivity index (χ1n) is 3.52. The van der Waals surface area contributed by atoms with Crippen LogP contribution in [0.15, 0.2) is 11.8 Å². The Morgan fingerprint density at radius 2 is 2.30 bits per heavy atom. The van der Waals surface area contributed by atoms with Crippen LogP contribution in [0.25, 0.3) is 0 Å². The molecule has 10 heavy (non-hydrogen) atoms. The molecule has 3 atom stereocenters. The predicted molar refractivity (Wildman–Crippen MR) is 46.8 cm³/mol. The summed E-state index contributed by atoms with van der Waals surface area (Å²) >= 11 is 4.34. The Hall–Kier alpha value is -0.150. The lowest BCUT2D eigenvalue weighted by Crippen LogP contribution is -2.39. The minimum Gasteiger partial charge on any atom is -0.401 e. The Morgan fingerprint density at radius 3 is 2.80 bits per heavy atom. The highest BCUT2D eigenvalue weighted by molar-refractivity contribution is 7.81. The van der Waals surface area contributed by atoms with E-state index in [1.807, 2.05) is 6.08 Å². The molecule has 0 spiro atoms. The predicted octanol–water partition coefficient (Wildman–Crippen LogP) is 0.494. The van der Waals surface area contributed by atoms with E-state index in [4.69, 9.17) is 11.5 Å². The smallest absolute Gasteiger partial charge is 0.0449 e. The SMILES string of the molecule is CC1C(N)CC=C(N)C1S. The van der Waals surface area contributed by atoms with Gasteiger partial charge < -0.3 is 11.5 Å². The van der Waals surface area contributed by atoms with Crippen LogP contribution >= 0.6 is 12.6 Å². The first kappa shape index (κ1) is 7.95. The quantitative estimate of drug-likeness (QED) is 0.449. The van der Waals surface area contributed by atoms with Crippen molar-refractivity contribution in [2.45, 2.75) is 24.6 Å². The van der Waals surface area contributed by atoms with Crippen molar-refractivity contribution >= 4 is 12.6 Å². The van der Waals surface area contributed by atoms with Crippen LogP contribution in [0, 0.1) is 5.92 Å². The van der Waals surface area contributed by atoms with Gasteiger partial charge >= 0.3 is 0 Å². The largest absolute Gasteiger partial charge is 0.401 e. The standard InChI is InChI=1S/C7H14N2S/c1-4-5(8)2-3-6(9)7(4)10/h3-5,7,10H,2,8-9H2,1H3. The van der Waals surface area contributed by atoms with Gasteiger partial charge in [0.25, 0.3) is 0 Å². The minimum atomic E-state index is 0.156.